The maximum atomic E-state index is 13.0. The highest BCUT2D eigenvalue weighted by Crippen LogP contribution is 2.18. The first-order chi connectivity index (χ1) is 40.0. The predicted molar refractivity (Wildman–Crippen MR) is 353 cm³/mol. The fraction of sp³-hybridized carbons (Fsp3) is 0.853. The normalized spacial score (nSPS) is 12.3. The molecule has 0 heterocycles. The highest BCUT2D eigenvalue weighted by atomic mass is 16.6. The van der Waals surface area contributed by atoms with Crippen molar-refractivity contribution in [2.45, 2.75) is 399 Å². The fourth-order valence-corrected chi connectivity index (χ4v) is 10.9. The number of unbranched alkanes of at least 4 members (excludes halogenated alkanes) is 48. The van der Waals surface area contributed by atoms with Crippen LogP contribution < -0.4 is 0 Å². The lowest BCUT2D eigenvalue weighted by molar-refractivity contribution is -0.167. The molecule has 0 aliphatic carbocycles. The molecule has 0 aromatic heterocycles. The van der Waals surface area contributed by atoms with Crippen molar-refractivity contribution in [1.82, 2.24) is 0 Å². The molecular formula is C75H138O6. The third kappa shape index (κ3) is 68.0. The highest BCUT2D eigenvalue weighted by molar-refractivity contribution is 5.71. The van der Waals surface area contributed by atoms with Crippen LogP contribution in [0.5, 0.6) is 0 Å². The van der Waals surface area contributed by atoms with Crippen molar-refractivity contribution in [3.63, 3.8) is 0 Å². The van der Waals surface area contributed by atoms with Gasteiger partial charge in [0.1, 0.15) is 13.2 Å². The summed E-state index contributed by atoms with van der Waals surface area (Å²) in [7, 11) is 0. The van der Waals surface area contributed by atoms with Crippen LogP contribution in [0.25, 0.3) is 0 Å². The summed E-state index contributed by atoms with van der Waals surface area (Å²) in [6.45, 7) is 6.69. The quantitative estimate of drug-likeness (QED) is 0.0261. The number of carbonyl (C=O) groups is 3. The van der Waals surface area contributed by atoms with Gasteiger partial charge in [0, 0.05) is 19.3 Å². The summed E-state index contributed by atoms with van der Waals surface area (Å²) in [5, 5.41) is 0. The minimum atomic E-state index is -0.772. The van der Waals surface area contributed by atoms with Crippen LogP contribution in [0.2, 0.25) is 0 Å². The van der Waals surface area contributed by atoms with Gasteiger partial charge in [-0.3, -0.25) is 14.4 Å². The number of ether oxygens (including phenoxy) is 3. The van der Waals surface area contributed by atoms with Crippen molar-refractivity contribution in [2.75, 3.05) is 13.2 Å². The van der Waals surface area contributed by atoms with Gasteiger partial charge in [-0.25, -0.2) is 0 Å². The third-order valence-corrected chi connectivity index (χ3v) is 16.3. The van der Waals surface area contributed by atoms with E-state index in [-0.39, 0.29) is 31.1 Å². The molecule has 0 radical (unpaired) electrons. The van der Waals surface area contributed by atoms with Crippen LogP contribution in [0.4, 0.5) is 0 Å². The summed E-state index contributed by atoms with van der Waals surface area (Å²) < 4.78 is 17.0. The monoisotopic (exact) mass is 1140 g/mol. The maximum absolute atomic E-state index is 13.0. The van der Waals surface area contributed by atoms with Crippen LogP contribution in [0.3, 0.4) is 0 Å². The second kappa shape index (κ2) is 69.9. The lowest BCUT2D eigenvalue weighted by atomic mass is 10.0. The second-order valence-corrected chi connectivity index (χ2v) is 24.5. The Bertz CT molecular complexity index is 1400. The van der Waals surface area contributed by atoms with Gasteiger partial charge in [-0.05, 0) is 83.5 Å². The SMILES string of the molecule is CCCCCCC/C=C\C/C=C\CCCCCCCCCCCCCCCC(=O)OCC(COC(=O)CCCCCCCCCCCCCCC)OC(=O)CCCCCCCCCCCCCCC/C=C\C/C=C\CCCCCCC. The Morgan fingerprint density at radius 2 is 0.444 bits per heavy atom. The van der Waals surface area contributed by atoms with Gasteiger partial charge in [0.25, 0.3) is 0 Å². The van der Waals surface area contributed by atoms with E-state index in [2.05, 4.69) is 69.4 Å². The molecular weight excluding hydrogens is 997 g/mol. The smallest absolute Gasteiger partial charge is 0.306 e. The molecule has 0 N–H and O–H groups in total. The van der Waals surface area contributed by atoms with E-state index in [4.69, 9.17) is 14.2 Å². The van der Waals surface area contributed by atoms with E-state index in [0.29, 0.717) is 19.3 Å². The number of esters is 3. The van der Waals surface area contributed by atoms with Gasteiger partial charge in [0.2, 0.25) is 0 Å². The molecule has 0 aromatic carbocycles. The van der Waals surface area contributed by atoms with Gasteiger partial charge in [-0.15, -0.1) is 0 Å². The summed E-state index contributed by atoms with van der Waals surface area (Å²) in [5.74, 6) is -0.842. The van der Waals surface area contributed by atoms with Crippen molar-refractivity contribution in [3.8, 4) is 0 Å². The summed E-state index contributed by atoms with van der Waals surface area (Å²) >= 11 is 0. The molecule has 474 valence electrons. The van der Waals surface area contributed by atoms with Crippen molar-refractivity contribution < 1.29 is 28.6 Å². The number of carbonyl (C=O) groups excluding carboxylic acids is 3. The van der Waals surface area contributed by atoms with E-state index in [1.807, 2.05) is 0 Å². The Morgan fingerprint density at radius 3 is 0.679 bits per heavy atom. The average Bonchev–Trinajstić information content (AvgIpc) is 3.46. The van der Waals surface area contributed by atoms with Crippen molar-refractivity contribution in [2.24, 2.45) is 0 Å². The number of rotatable bonds is 67. The number of hydrogen-bond acceptors (Lipinski definition) is 6. The standard InChI is InChI=1S/C75H138O6/c1-4-7-10-13-16-19-22-25-27-29-31-33-35-37-39-41-43-45-47-50-53-56-59-62-65-68-74(77)80-71-72(70-79-73(76)67-64-61-58-55-52-49-24-21-18-15-12-9-6-3)81-75(78)69-66-63-60-57-54-51-48-46-44-42-40-38-36-34-32-30-28-26-23-20-17-14-11-8-5-2/h22-23,25-26,29-32,72H,4-21,24,27-28,33-71H2,1-3H3/b25-22-,26-23-,31-29-,32-30-. The van der Waals surface area contributed by atoms with Gasteiger partial charge in [0.05, 0.1) is 0 Å². The van der Waals surface area contributed by atoms with E-state index >= 15 is 0 Å². The van der Waals surface area contributed by atoms with Crippen molar-refractivity contribution in [3.05, 3.63) is 48.6 Å². The zero-order valence-corrected chi connectivity index (χ0v) is 54.6. The highest BCUT2D eigenvalue weighted by Gasteiger charge is 2.19. The summed E-state index contributed by atoms with van der Waals surface area (Å²) in [6.07, 6.45) is 88.5. The Kier molecular flexibility index (Phi) is 67.6. The molecule has 0 aliphatic rings. The first kappa shape index (κ1) is 78.4. The predicted octanol–water partition coefficient (Wildman–Crippen LogP) is 24.9. The minimum Gasteiger partial charge on any atom is -0.462 e. The zero-order valence-electron chi connectivity index (χ0n) is 54.6. The first-order valence-corrected chi connectivity index (χ1v) is 36.1. The van der Waals surface area contributed by atoms with E-state index in [1.54, 1.807) is 0 Å². The Balaban J connectivity index is 4.24. The molecule has 0 spiro atoms. The van der Waals surface area contributed by atoms with Crippen LogP contribution in [-0.4, -0.2) is 37.2 Å². The minimum absolute atomic E-state index is 0.0683. The van der Waals surface area contributed by atoms with Crippen molar-refractivity contribution in [1.29, 1.82) is 0 Å². The average molecular weight is 1140 g/mol. The summed E-state index contributed by atoms with van der Waals surface area (Å²) in [5.41, 5.74) is 0. The van der Waals surface area contributed by atoms with E-state index in [1.165, 1.54) is 283 Å². The van der Waals surface area contributed by atoms with Gasteiger partial charge in [-0.1, -0.05) is 339 Å². The second-order valence-electron chi connectivity index (χ2n) is 24.5. The Labute approximate surface area is 505 Å². The third-order valence-electron chi connectivity index (χ3n) is 16.3. The van der Waals surface area contributed by atoms with Crippen LogP contribution in [-0.2, 0) is 28.6 Å². The molecule has 81 heavy (non-hydrogen) atoms. The van der Waals surface area contributed by atoms with Crippen molar-refractivity contribution >= 4 is 17.9 Å². The van der Waals surface area contributed by atoms with Gasteiger partial charge >= 0.3 is 17.9 Å². The first-order valence-electron chi connectivity index (χ1n) is 36.1. The largest absolute Gasteiger partial charge is 0.462 e. The van der Waals surface area contributed by atoms with E-state index in [9.17, 15) is 14.4 Å². The molecule has 0 amide bonds. The summed E-state index contributed by atoms with van der Waals surface area (Å²) in [4.78, 5) is 38.5. The molecule has 0 aliphatic heterocycles. The molecule has 6 heteroatoms. The molecule has 0 bridgehead atoms. The molecule has 0 saturated carbocycles. The van der Waals surface area contributed by atoms with Crippen LogP contribution in [0, 0.1) is 0 Å². The van der Waals surface area contributed by atoms with E-state index < -0.39 is 6.10 Å². The van der Waals surface area contributed by atoms with Gasteiger partial charge < -0.3 is 14.2 Å². The summed E-state index contributed by atoms with van der Waals surface area (Å²) in [6, 6.07) is 0. The Morgan fingerprint density at radius 1 is 0.247 bits per heavy atom. The van der Waals surface area contributed by atoms with Gasteiger partial charge in [0.15, 0.2) is 6.10 Å². The molecule has 1 unspecified atom stereocenters. The number of hydrogen-bond donors (Lipinski definition) is 0. The lowest BCUT2D eigenvalue weighted by Gasteiger charge is -2.18. The molecule has 0 saturated heterocycles. The molecule has 6 nitrogen and oxygen atoms in total. The maximum Gasteiger partial charge on any atom is 0.306 e. The van der Waals surface area contributed by atoms with Crippen LogP contribution >= 0.6 is 0 Å². The van der Waals surface area contributed by atoms with Gasteiger partial charge in [-0.2, -0.15) is 0 Å². The van der Waals surface area contributed by atoms with Crippen LogP contribution in [0.1, 0.15) is 393 Å². The van der Waals surface area contributed by atoms with Crippen LogP contribution in [0.15, 0.2) is 48.6 Å². The molecule has 1 atom stereocenters. The molecule has 0 fully saturated rings. The zero-order chi connectivity index (χ0) is 58.5. The Hall–Kier alpha value is -2.63. The molecule has 0 aromatic rings. The molecule has 0 rings (SSSR count). The van der Waals surface area contributed by atoms with E-state index in [0.717, 1.165) is 70.6 Å². The topological polar surface area (TPSA) is 78.9 Å². The number of allylic oxidation sites excluding steroid dienone is 8. The fourth-order valence-electron chi connectivity index (χ4n) is 10.9. The lowest BCUT2D eigenvalue weighted by Crippen LogP contribution is -2.30.